The monoisotopic (exact) mass is 1270 g/mol. The average molecular weight is 1270 g/mol. The van der Waals surface area contributed by atoms with Gasteiger partial charge in [0.1, 0.15) is 0 Å². The van der Waals surface area contributed by atoms with Crippen LogP contribution in [-0.4, -0.2) is 86.9 Å². The third-order valence-electron chi connectivity index (χ3n) is 23.3. The summed E-state index contributed by atoms with van der Waals surface area (Å²) in [5.74, 6) is 6.99. The molecule has 462 valence electrons. The van der Waals surface area contributed by atoms with Crippen LogP contribution in [0.25, 0.3) is 0 Å². The van der Waals surface area contributed by atoms with Crippen LogP contribution in [0.1, 0.15) is 133 Å². The van der Waals surface area contributed by atoms with Gasteiger partial charge >= 0.3 is 0 Å². The van der Waals surface area contributed by atoms with Crippen molar-refractivity contribution in [3.05, 3.63) is 194 Å². The Hall–Kier alpha value is -2.40. The van der Waals surface area contributed by atoms with Crippen molar-refractivity contribution in [1.29, 1.82) is 0 Å². The molecule has 1 nitrogen and oxygen atoms in total. The second-order valence-corrected chi connectivity index (χ2v) is 45.6. The molecule has 18 atom stereocenters. The van der Waals surface area contributed by atoms with Gasteiger partial charge in [0.25, 0.3) is 0 Å². The third kappa shape index (κ3) is 14.4. The Morgan fingerprint density at radius 2 is 0.632 bits per heavy atom. The van der Waals surface area contributed by atoms with Gasteiger partial charge in [-0.05, 0) is 216 Å². The Kier molecular flexibility index (Phi) is 22.1. The van der Waals surface area contributed by atoms with Crippen LogP contribution in [0.2, 0.25) is 0 Å². The van der Waals surface area contributed by atoms with Gasteiger partial charge in [-0.2, -0.15) is 0 Å². The standard InChI is InChI=1S/C31H28P2.C22H32P2.C14H28P2.C13H19N/c1-5-13-26(14-6-1)32(27-15-7-2-8-16-27)30-24-21-22-25(23-24)31(30)33(28-17-9-3-10-18-28)29-19-11-4-12-20-29;1-13-9-20-14(2)10-19(13)23(20)17-7-5-6-8-18(17)24-21-12-16(4)22(24)11-15(21)3;1-11-5-6-12(2)15(11)9-10-16-13(3)7-8-14(16)4;1-11-8-14(9-12(11)2)10-13-6-4-3-5-7-13/h1-22,24-25,30-31H,23H2;5-8,13-16,19-22H,9-12H2,1-4H3;11-14H,5-10H2,1-4H3;3-7,11-12H,8-10H2,1-2H3/t24?,25?,30-,31-;13-,14-,15-,16-,19?,20?,21?,22?,23?,24?;11-,12-,13-,14-;11-,12-/m1011/s1. The van der Waals surface area contributed by atoms with Crippen molar-refractivity contribution in [2.45, 2.75) is 190 Å². The molecule has 7 heterocycles. The van der Waals surface area contributed by atoms with Crippen molar-refractivity contribution in [3.63, 3.8) is 0 Å². The van der Waals surface area contributed by atoms with Crippen molar-refractivity contribution in [2.24, 2.45) is 47.3 Å². The highest BCUT2D eigenvalue weighted by Gasteiger charge is 2.55. The predicted octanol–water partition coefficient (Wildman–Crippen LogP) is 19.6. The van der Waals surface area contributed by atoms with Gasteiger partial charge in [0.2, 0.25) is 0 Å². The zero-order chi connectivity index (χ0) is 60.3. The molecule has 7 saturated heterocycles. The summed E-state index contributed by atoms with van der Waals surface area (Å²) in [6.45, 7) is 28.6. The summed E-state index contributed by atoms with van der Waals surface area (Å²) in [6.07, 6.45) is 21.8. The minimum absolute atomic E-state index is 0.110. The van der Waals surface area contributed by atoms with E-state index < -0.39 is 15.8 Å². The van der Waals surface area contributed by atoms with Gasteiger partial charge in [-0.15, -0.1) is 15.8 Å². The van der Waals surface area contributed by atoms with E-state index in [1.165, 1.54) is 97.7 Å². The van der Waals surface area contributed by atoms with E-state index in [0.717, 1.165) is 87.3 Å². The maximum Gasteiger partial charge on any atom is 0.0233 e. The van der Waals surface area contributed by atoms with E-state index in [-0.39, 0.29) is 15.8 Å². The highest BCUT2D eigenvalue weighted by molar-refractivity contribution is 7.77. The number of benzene rings is 6. The molecule has 87 heavy (non-hydrogen) atoms. The molecule has 0 amide bonds. The summed E-state index contributed by atoms with van der Waals surface area (Å²) in [5.41, 5.74) is 11.2. The van der Waals surface area contributed by atoms with Gasteiger partial charge in [-0.25, -0.2) is 0 Å². The summed E-state index contributed by atoms with van der Waals surface area (Å²) < 4.78 is 0. The molecule has 6 aromatic carbocycles. The second-order valence-electron chi connectivity index (χ2n) is 29.1. The maximum atomic E-state index is 2.58. The Balaban J connectivity index is 0.000000120. The molecule has 0 aromatic heterocycles. The van der Waals surface area contributed by atoms with E-state index in [1.807, 2.05) is 10.6 Å². The van der Waals surface area contributed by atoms with E-state index in [1.54, 1.807) is 12.3 Å². The zero-order valence-electron chi connectivity index (χ0n) is 54.8. The molecule has 1 saturated carbocycles. The van der Waals surface area contributed by atoms with Gasteiger partial charge < -0.3 is 0 Å². The molecule has 0 spiro atoms. The highest BCUT2D eigenvalue weighted by atomic mass is 31.1. The van der Waals surface area contributed by atoms with Gasteiger partial charge in [-0.3, -0.25) is 4.90 Å². The Morgan fingerprint density at radius 1 is 0.345 bits per heavy atom. The molecular weight excluding hydrogens is 1160 g/mol. The van der Waals surface area contributed by atoms with E-state index in [2.05, 4.69) is 262 Å². The molecule has 6 bridgehead atoms. The van der Waals surface area contributed by atoms with Gasteiger partial charge in [0.15, 0.2) is 0 Å². The van der Waals surface area contributed by atoms with Crippen LogP contribution in [-0.2, 0) is 6.54 Å². The first-order valence-corrected chi connectivity index (χ1v) is 43.8. The van der Waals surface area contributed by atoms with Crippen molar-refractivity contribution < 1.29 is 0 Å². The number of fused-ring (bicyclic) bond motifs is 6. The maximum absolute atomic E-state index is 2.58. The van der Waals surface area contributed by atoms with Gasteiger partial charge in [0.05, 0.1) is 0 Å². The number of hydrogen-bond donors (Lipinski definition) is 0. The predicted molar refractivity (Wildman–Crippen MR) is 396 cm³/mol. The lowest BCUT2D eigenvalue weighted by atomic mass is 9.84. The quantitative estimate of drug-likeness (QED) is 0.0823. The average Bonchev–Trinajstić information content (AvgIpc) is 1.96. The first-order valence-electron chi connectivity index (χ1n) is 34.7. The molecule has 2 aliphatic carbocycles. The number of allylic oxidation sites excluding steroid dienone is 2. The topological polar surface area (TPSA) is 3.24 Å². The van der Waals surface area contributed by atoms with Gasteiger partial charge in [0, 0.05) is 31.0 Å². The van der Waals surface area contributed by atoms with Crippen LogP contribution in [0.5, 0.6) is 0 Å². The van der Waals surface area contributed by atoms with Crippen molar-refractivity contribution in [2.75, 3.05) is 25.4 Å². The minimum Gasteiger partial charge on any atom is -0.299 e. The van der Waals surface area contributed by atoms with Gasteiger partial charge in [-0.1, -0.05) is 273 Å². The number of likely N-dealkylation sites (tertiary alicyclic amines) is 1. The number of rotatable bonds is 13. The summed E-state index contributed by atoms with van der Waals surface area (Å²) in [7, 11) is 0.101. The highest BCUT2D eigenvalue weighted by Crippen LogP contribution is 2.71. The second kappa shape index (κ2) is 29.7. The minimum atomic E-state index is -0.454. The lowest BCUT2D eigenvalue weighted by Crippen LogP contribution is -2.37. The van der Waals surface area contributed by atoms with Crippen molar-refractivity contribution >= 4 is 79.4 Å². The van der Waals surface area contributed by atoms with E-state index in [0.29, 0.717) is 39.0 Å². The fourth-order valence-electron chi connectivity index (χ4n) is 18.4. The third-order valence-corrected chi connectivity index (χ3v) is 44.7. The SMILES string of the molecule is C1=CC2CC1[C@@H](P(c1ccccc1)c1ccccc1)[C@@H]2P(c1ccccc1)c1ccccc1.C[C@@H]1CC[C@@H](C)P1CCP1[C@H](C)CC[C@H]1C.C[C@@H]1CN(Cc2ccccc2)C[C@H]1C.C[C@H]1CC2[C@@H](C)CC1P2c1ccccc1P1C2C[C@H](C)C1C[C@@H]2C. The Bertz CT molecular complexity index is 2790. The molecule has 15 rings (SSSR count). The fourth-order valence-corrected chi connectivity index (χ4v) is 41.9. The van der Waals surface area contributed by atoms with Crippen LogP contribution in [0.3, 0.4) is 0 Å². The zero-order valence-corrected chi connectivity index (χ0v) is 60.2. The molecule has 7 heteroatoms. The Morgan fingerprint density at radius 3 is 0.943 bits per heavy atom. The summed E-state index contributed by atoms with van der Waals surface area (Å²) >= 11 is 0. The first kappa shape index (κ1) is 64.7. The molecule has 6 unspecified atom stereocenters. The van der Waals surface area contributed by atoms with E-state index in [4.69, 9.17) is 0 Å². The number of hydrogen-bond acceptors (Lipinski definition) is 1. The molecule has 6 aromatic rings. The molecule has 7 aliphatic heterocycles. The van der Waals surface area contributed by atoms with E-state index >= 15 is 0 Å². The van der Waals surface area contributed by atoms with Crippen LogP contribution in [0, 0.1) is 47.3 Å². The normalized spacial score (nSPS) is 35.6. The van der Waals surface area contributed by atoms with Crippen LogP contribution < -0.4 is 31.8 Å². The first-order chi connectivity index (χ1) is 42.3. The summed E-state index contributed by atoms with van der Waals surface area (Å²) in [6, 6.07) is 66.0. The molecular formula is C80H107NP6. The van der Waals surface area contributed by atoms with Crippen molar-refractivity contribution in [3.8, 4) is 0 Å². The molecule has 0 N–H and O–H groups in total. The van der Waals surface area contributed by atoms with Crippen LogP contribution in [0.4, 0.5) is 0 Å². The fraction of sp³-hybridized carbons (Fsp3) is 0.525. The molecule has 8 fully saturated rings. The molecule has 0 radical (unpaired) electrons. The number of nitrogens with zero attached hydrogens (tertiary/aromatic N) is 1. The summed E-state index contributed by atoms with van der Waals surface area (Å²) in [4.78, 5) is 2.56. The molecule has 9 aliphatic rings. The van der Waals surface area contributed by atoms with E-state index in [9.17, 15) is 0 Å². The smallest absolute Gasteiger partial charge is 0.0233 e. The van der Waals surface area contributed by atoms with Crippen LogP contribution >= 0.6 is 47.5 Å². The van der Waals surface area contributed by atoms with Crippen LogP contribution in [0.15, 0.2) is 188 Å². The summed E-state index contributed by atoms with van der Waals surface area (Å²) in [5, 5.41) is 9.83. The Labute approximate surface area is 537 Å². The van der Waals surface area contributed by atoms with Crippen molar-refractivity contribution in [1.82, 2.24) is 4.90 Å². The lowest BCUT2D eigenvalue weighted by Gasteiger charge is -2.40. The largest absolute Gasteiger partial charge is 0.299 e. The lowest BCUT2D eigenvalue weighted by molar-refractivity contribution is 0.316.